The lowest BCUT2D eigenvalue weighted by Crippen LogP contribution is -2.10. The minimum absolute atomic E-state index is 0.0741. The normalized spacial score (nSPS) is 8.36. The standard InChI is InChI=1S/C7H7NO2.C2H4O2/c8-7(10)5-3-1-2-4-6(5)9;1-2(3)4/h1-4,9H,(H2,8,10);1H3,(H,3,4). The van der Waals surface area contributed by atoms with Crippen LogP contribution in [0.1, 0.15) is 17.3 Å². The Labute approximate surface area is 80.8 Å². The number of carboxylic acid groups (broad SMARTS) is 1. The van der Waals surface area contributed by atoms with Crippen molar-refractivity contribution >= 4 is 11.9 Å². The van der Waals surface area contributed by atoms with Crippen LogP contribution in [0.25, 0.3) is 0 Å². The zero-order valence-electron chi connectivity index (χ0n) is 7.60. The number of carboxylic acids is 1. The Hall–Kier alpha value is -2.04. The lowest BCUT2D eigenvalue weighted by atomic mass is 10.2. The molecule has 0 aromatic heterocycles. The molecule has 0 saturated heterocycles. The van der Waals surface area contributed by atoms with E-state index in [-0.39, 0.29) is 11.3 Å². The van der Waals surface area contributed by atoms with Crippen molar-refractivity contribution in [1.29, 1.82) is 0 Å². The molecule has 0 aliphatic heterocycles. The SMILES string of the molecule is CC(=O)O.NC(=O)c1ccccc1O. The monoisotopic (exact) mass is 197 g/mol. The molecule has 4 N–H and O–H groups in total. The molecule has 0 fully saturated rings. The zero-order valence-corrected chi connectivity index (χ0v) is 7.60. The Balaban J connectivity index is 0.000000364. The number of carbonyl (C=O) groups excluding carboxylic acids is 1. The molecule has 5 nitrogen and oxygen atoms in total. The Morgan fingerprint density at radius 3 is 2.00 bits per heavy atom. The maximum Gasteiger partial charge on any atom is 0.300 e. The molecule has 0 bridgehead atoms. The van der Waals surface area contributed by atoms with E-state index in [4.69, 9.17) is 20.7 Å². The average Bonchev–Trinajstić information content (AvgIpc) is 2.03. The zero-order chi connectivity index (χ0) is 11.1. The fourth-order valence-corrected chi connectivity index (χ4v) is 0.682. The Morgan fingerprint density at radius 1 is 1.29 bits per heavy atom. The van der Waals surface area contributed by atoms with Crippen LogP contribution in [0.5, 0.6) is 5.75 Å². The second-order valence-electron chi connectivity index (χ2n) is 2.40. The van der Waals surface area contributed by atoms with Crippen LogP contribution < -0.4 is 5.73 Å². The van der Waals surface area contributed by atoms with Crippen molar-refractivity contribution in [3.8, 4) is 5.75 Å². The molecule has 14 heavy (non-hydrogen) atoms. The van der Waals surface area contributed by atoms with Crippen LogP contribution in [0.2, 0.25) is 0 Å². The minimum atomic E-state index is -0.833. The first-order valence-electron chi connectivity index (χ1n) is 3.72. The highest BCUT2D eigenvalue weighted by Gasteiger charge is 2.03. The fourth-order valence-electron chi connectivity index (χ4n) is 0.682. The highest BCUT2D eigenvalue weighted by molar-refractivity contribution is 5.95. The van der Waals surface area contributed by atoms with E-state index in [2.05, 4.69) is 0 Å². The summed E-state index contributed by atoms with van der Waals surface area (Å²) in [4.78, 5) is 19.5. The smallest absolute Gasteiger partial charge is 0.300 e. The summed E-state index contributed by atoms with van der Waals surface area (Å²) in [5, 5.41) is 16.4. The van der Waals surface area contributed by atoms with E-state index in [0.29, 0.717) is 0 Å². The number of nitrogens with two attached hydrogens (primary N) is 1. The molecule has 0 heterocycles. The van der Waals surface area contributed by atoms with Gasteiger partial charge in [-0.15, -0.1) is 0 Å². The largest absolute Gasteiger partial charge is 0.507 e. The van der Waals surface area contributed by atoms with Crippen molar-refractivity contribution in [3.63, 3.8) is 0 Å². The van der Waals surface area contributed by atoms with Crippen molar-refractivity contribution in [3.05, 3.63) is 29.8 Å². The molecule has 0 saturated carbocycles. The molecule has 0 aliphatic rings. The van der Waals surface area contributed by atoms with Crippen LogP contribution in [-0.4, -0.2) is 22.1 Å². The molecular formula is C9H11NO4. The van der Waals surface area contributed by atoms with Crippen molar-refractivity contribution in [1.82, 2.24) is 0 Å². The Kier molecular flexibility index (Phi) is 4.77. The van der Waals surface area contributed by atoms with Gasteiger partial charge < -0.3 is 15.9 Å². The van der Waals surface area contributed by atoms with E-state index in [1.807, 2.05) is 0 Å². The molecule has 5 heteroatoms. The molecule has 1 aromatic rings. The summed E-state index contributed by atoms with van der Waals surface area (Å²) in [6.07, 6.45) is 0. The van der Waals surface area contributed by atoms with Gasteiger partial charge in [0.15, 0.2) is 0 Å². The summed E-state index contributed by atoms with van der Waals surface area (Å²) < 4.78 is 0. The van der Waals surface area contributed by atoms with Gasteiger partial charge in [-0.1, -0.05) is 12.1 Å². The van der Waals surface area contributed by atoms with Gasteiger partial charge in [0, 0.05) is 6.92 Å². The van der Waals surface area contributed by atoms with Gasteiger partial charge in [0.25, 0.3) is 11.9 Å². The number of carbonyl (C=O) groups is 2. The summed E-state index contributed by atoms with van der Waals surface area (Å²) >= 11 is 0. The number of rotatable bonds is 1. The van der Waals surface area contributed by atoms with Gasteiger partial charge in [-0.25, -0.2) is 0 Å². The van der Waals surface area contributed by atoms with Crippen LogP contribution in [0, 0.1) is 0 Å². The van der Waals surface area contributed by atoms with Crippen molar-refractivity contribution in [2.75, 3.05) is 0 Å². The van der Waals surface area contributed by atoms with Crippen molar-refractivity contribution in [2.45, 2.75) is 6.92 Å². The lowest BCUT2D eigenvalue weighted by molar-refractivity contribution is -0.134. The molecule has 0 unspecified atom stereocenters. The van der Waals surface area contributed by atoms with Gasteiger partial charge in [0.05, 0.1) is 5.56 Å². The summed E-state index contributed by atoms with van der Waals surface area (Å²) in [6.45, 7) is 1.08. The van der Waals surface area contributed by atoms with E-state index < -0.39 is 11.9 Å². The van der Waals surface area contributed by atoms with Crippen LogP contribution in [-0.2, 0) is 4.79 Å². The third kappa shape index (κ3) is 4.76. The number of primary amides is 1. The maximum atomic E-state index is 10.5. The van der Waals surface area contributed by atoms with E-state index in [1.54, 1.807) is 12.1 Å². The van der Waals surface area contributed by atoms with Gasteiger partial charge in [0.2, 0.25) is 0 Å². The molecule has 76 valence electrons. The predicted octanol–water partition coefficient (Wildman–Crippen LogP) is 0.582. The van der Waals surface area contributed by atoms with Crippen LogP contribution in [0.15, 0.2) is 24.3 Å². The maximum absolute atomic E-state index is 10.5. The summed E-state index contributed by atoms with van der Waals surface area (Å²) in [6, 6.07) is 6.15. The third-order valence-corrected chi connectivity index (χ3v) is 1.17. The van der Waals surface area contributed by atoms with Gasteiger partial charge in [-0.05, 0) is 12.1 Å². The molecule has 0 spiro atoms. The number of para-hydroxylation sites is 1. The average molecular weight is 197 g/mol. The fraction of sp³-hybridized carbons (Fsp3) is 0.111. The quantitative estimate of drug-likeness (QED) is 0.613. The van der Waals surface area contributed by atoms with Crippen molar-refractivity contribution < 1.29 is 19.8 Å². The van der Waals surface area contributed by atoms with Gasteiger partial charge in [0.1, 0.15) is 5.75 Å². The number of phenols is 1. The van der Waals surface area contributed by atoms with Crippen LogP contribution in [0.4, 0.5) is 0 Å². The summed E-state index contributed by atoms with van der Waals surface area (Å²) in [5.74, 6) is -1.52. The highest BCUT2D eigenvalue weighted by atomic mass is 16.4. The van der Waals surface area contributed by atoms with Crippen molar-refractivity contribution in [2.24, 2.45) is 5.73 Å². The molecule has 1 rings (SSSR count). The van der Waals surface area contributed by atoms with Gasteiger partial charge in [-0.2, -0.15) is 0 Å². The molecule has 0 atom stereocenters. The molecule has 1 aromatic carbocycles. The first kappa shape index (κ1) is 12.0. The van der Waals surface area contributed by atoms with E-state index >= 15 is 0 Å². The number of hydrogen-bond acceptors (Lipinski definition) is 3. The Morgan fingerprint density at radius 2 is 1.71 bits per heavy atom. The first-order valence-corrected chi connectivity index (χ1v) is 3.72. The Bertz CT molecular complexity index is 331. The number of hydrogen-bond donors (Lipinski definition) is 3. The predicted molar refractivity (Wildman–Crippen MR) is 49.9 cm³/mol. The van der Waals surface area contributed by atoms with Gasteiger partial charge in [-0.3, -0.25) is 9.59 Å². The van der Waals surface area contributed by atoms with Crippen LogP contribution in [0.3, 0.4) is 0 Å². The number of aliphatic carboxylic acids is 1. The number of benzene rings is 1. The number of amides is 1. The summed E-state index contributed by atoms with van der Waals surface area (Å²) in [5.41, 5.74) is 5.07. The summed E-state index contributed by atoms with van der Waals surface area (Å²) in [7, 11) is 0. The molecule has 0 aliphatic carbocycles. The molecule has 1 amide bonds. The minimum Gasteiger partial charge on any atom is -0.507 e. The van der Waals surface area contributed by atoms with E-state index in [1.165, 1.54) is 12.1 Å². The number of aromatic hydroxyl groups is 1. The van der Waals surface area contributed by atoms with E-state index in [0.717, 1.165) is 6.92 Å². The van der Waals surface area contributed by atoms with Gasteiger partial charge >= 0.3 is 0 Å². The topological polar surface area (TPSA) is 101 Å². The van der Waals surface area contributed by atoms with Crippen LogP contribution >= 0.6 is 0 Å². The first-order chi connectivity index (χ1) is 6.45. The second-order valence-corrected chi connectivity index (χ2v) is 2.40. The second kappa shape index (κ2) is 5.58. The molecule has 0 radical (unpaired) electrons. The van der Waals surface area contributed by atoms with E-state index in [9.17, 15) is 4.79 Å². The third-order valence-electron chi connectivity index (χ3n) is 1.17. The highest BCUT2D eigenvalue weighted by Crippen LogP contribution is 2.13. The molecular weight excluding hydrogens is 186 g/mol. The lowest BCUT2D eigenvalue weighted by Gasteiger charge is -1.96.